The summed E-state index contributed by atoms with van der Waals surface area (Å²) in [4.78, 5) is 9.78. The van der Waals surface area contributed by atoms with Crippen LogP contribution in [0.1, 0.15) is 5.56 Å². The minimum Gasteiger partial charge on any atom is -0.270 e. The normalized spacial score (nSPS) is 10.4. The van der Waals surface area contributed by atoms with Crippen LogP contribution in [0.4, 0.5) is 5.69 Å². The first-order chi connectivity index (χ1) is 9.86. The highest BCUT2D eigenvalue weighted by molar-refractivity contribution is 7.86. The second-order valence-electron chi connectivity index (χ2n) is 4.03. The third kappa shape index (κ3) is 5.33. The van der Waals surface area contributed by atoms with Crippen molar-refractivity contribution in [3.05, 3.63) is 70.3 Å². The first-order valence-corrected chi connectivity index (χ1v) is 7.34. The molecule has 0 heterocycles. The molecule has 0 aliphatic heterocycles. The van der Waals surface area contributed by atoms with E-state index in [0.717, 1.165) is 12.7 Å². The largest absolute Gasteiger partial charge is 0.296 e. The molecule has 0 N–H and O–H groups in total. The first kappa shape index (κ1) is 16.8. The lowest BCUT2D eigenvalue weighted by Gasteiger charge is -2.00. The number of hydrogen-bond donors (Lipinski definition) is 0. The molecule has 2 aromatic rings. The van der Waals surface area contributed by atoms with Gasteiger partial charge in [-0.3, -0.25) is 14.3 Å². The molecule has 0 aliphatic rings. The van der Waals surface area contributed by atoms with Gasteiger partial charge in [0.2, 0.25) is 0 Å². The van der Waals surface area contributed by atoms with Crippen LogP contribution in [0.5, 0.6) is 0 Å². The van der Waals surface area contributed by atoms with Gasteiger partial charge in [0.15, 0.2) is 0 Å². The zero-order valence-electron chi connectivity index (χ0n) is 11.6. The molecular formula is C14H15NO5S. The molecule has 2 rings (SSSR count). The molecule has 0 aliphatic carbocycles. The van der Waals surface area contributed by atoms with E-state index in [-0.39, 0.29) is 10.6 Å². The fourth-order valence-electron chi connectivity index (χ4n) is 1.35. The van der Waals surface area contributed by atoms with E-state index in [9.17, 15) is 18.5 Å². The third-order valence-corrected chi connectivity index (χ3v) is 3.78. The number of para-hydroxylation sites is 1. The van der Waals surface area contributed by atoms with Gasteiger partial charge in [-0.2, -0.15) is 8.42 Å². The molecule has 0 bridgehead atoms. The Morgan fingerprint density at radius 2 is 1.52 bits per heavy atom. The average molecular weight is 309 g/mol. The van der Waals surface area contributed by atoms with Crippen molar-refractivity contribution < 1.29 is 17.5 Å². The van der Waals surface area contributed by atoms with Crippen LogP contribution in [0.25, 0.3) is 0 Å². The quantitative estimate of drug-likeness (QED) is 0.494. The van der Waals surface area contributed by atoms with E-state index in [1.165, 1.54) is 24.3 Å². The van der Waals surface area contributed by atoms with Gasteiger partial charge >= 0.3 is 0 Å². The molecule has 0 atom stereocenters. The van der Waals surface area contributed by atoms with Gasteiger partial charge in [0.1, 0.15) is 0 Å². The zero-order chi connectivity index (χ0) is 15.9. The summed E-state index contributed by atoms with van der Waals surface area (Å²) >= 11 is 0. The molecule has 112 valence electrons. The second kappa shape index (κ2) is 7.51. The lowest BCUT2D eigenvalue weighted by Crippen LogP contribution is -2.02. The Labute approximate surface area is 123 Å². The summed E-state index contributed by atoms with van der Waals surface area (Å²) in [6, 6.07) is 14.4. The van der Waals surface area contributed by atoms with E-state index in [1.54, 1.807) is 30.3 Å². The van der Waals surface area contributed by atoms with Crippen molar-refractivity contribution in [2.45, 2.75) is 11.8 Å². The monoisotopic (exact) mass is 309 g/mol. The van der Waals surface area contributed by atoms with E-state index in [0.29, 0.717) is 0 Å². The van der Waals surface area contributed by atoms with Crippen molar-refractivity contribution in [2.75, 3.05) is 7.11 Å². The molecule has 2 aromatic carbocycles. The van der Waals surface area contributed by atoms with E-state index >= 15 is 0 Å². The summed E-state index contributed by atoms with van der Waals surface area (Å²) in [6.45, 7) is 1.89. The maximum atomic E-state index is 11.1. The van der Waals surface area contributed by atoms with Crippen LogP contribution in [0, 0.1) is 17.0 Å². The van der Waals surface area contributed by atoms with Crippen molar-refractivity contribution in [3.8, 4) is 0 Å². The van der Waals surface area contributed by atoms with Gasteiger partial charge < -0.3 is 0 Å². The smallest absolute Gasteiger partial charge is 0.270 e. The minimum atomic E-state index is -3.51. The van der Waals surface area contributed by atoms with Crippen LogP contribution in [0.15, 0.2) is 59.5 Å². The Hall–Kier alpha value is -2.25. The van der Waals surface area contributed by atoms with Crippen molar-refractivity contribution >= 4 is 15.8 Å². The van der Waals surface area contributed by atoms with E-state index in [1.807, 2.05) is 6.92 Å². The first-order valence-electron chi connectivity index (χ1n) is 5.93. The number of hydrogen-bond acceptors (Lipinski definition) is 5. The number of rotatable bonds is 3. The highest BCUT2D eigenvalue weighted by atomic mass is 32.2. The Balaban J connectivity index is 0.000000219. The summed E-state index contributed by atoms with van der Waals surface area (Å²) in [5, 5.41) is 10.0. The lowest BCUT2D eigenvalue weighted by atomic mass is 10.2. The van der Waals surface area contributed by atoms with Gasteiger partial charge in [-0.05, 0) is 19.1 Å². The molecule has 0 unspecified atom stereocenters. The van der Waals surface area contributed by atoms with Crippen molar-refractivity contribution in [1.29, 1.82) is 0 Å². The van der Waals surface area contributed by atoms with Gasteiger partial charge in [0.05, 0.1) is 16.9 Å². The van der Waals surface area contributed by atoms with Crippen LogP contribution < -0.4 is 0 Å². The average Bonchev–Trinajstić information content (AvgIpc) is 2.49. The highest BCUT2D eigenvalue weighted by Crippen LogP contribution is 2.11. The highest BCUT2D eigenvalue weighted by Gasteiger charge is 2.11. The summed E-state index contributed by atoms with van der Waals surface area (Å²) in [7, 11) is -2.37. The molecule has 0 saturated carbocycles. The van der Waals surface area contributed by atoms with Crippen LogP contribution in [-0.4, -0.2) is 20.5 Å². The molecular weight excluding hydrogens is 294 g/mol. The zero-order valence-corrected chi connectivity index (χ0v) is 12.4. The summed E-state index contributed by atoms with van der Waals surface area (Å²) in [5.74, 6) is 0. The number of benzene rings is 2. The number of non-ortho nitro benzene ring substituents is 1. The van der Waals surface area contributed by atoms with Crippen LogP contribution in [0.3, 0.4) is 0 Å². The van der Waals surface area contributed by atoms with Crippen LogP contribution in [-0.2, 0) is 14.3 Å². The molecule has 0 saturated heterocycles. The molecule has 0 amide bonds. The van der Waals surface area contributed by atoms with Crippen LogP contribution in [0.2, 0.25) is 0 Å². The standard InChI is InChI=1S/C8H10O3S.C6H5NO2/c1-7-3-5-8(6-4-7)12(9,10)11-2;8-7(9)6-4-2-1-3-5-6/h3-6H,1-2H3;1-5H. The van der Waals surface area contributed by atoms with E-state index in [2.05, 4.69) is 4.18 Å². The van der Waals surface area contributed by atoms with Gasteiger partial charge in [-0.1, -0.05) is 35.9 Å². The maximum Gasteiger partial charge on any atom is 0.296 e. The number of nitrogens with zero attached hydrogens (tertiary/aromatic N) is 1. The summed E-state index contributed by atoms with van der Waals surface area (Å²) < 4.78 is 26.5. The fraction of sp³-hybridized carbons (Fsp3) is 0.143. The summed E-state index contributed by atoms with van der Waals surface area (Å²) in [6.07, 6.45) is 0. The van der Waals surface area contributed by atoms with Crippen LogP contribution >= 0.6 is 0 Å². The SMILES string of the molecule is COS(=O)(=O)c1ccc(C)cc1.O=[N+]([O-])c1ccccc1. The third-order valence-electron chi connectivity index (χ3n) is 2.50. The van der Waals surface area contributed by atoms with Gasteiger partial charge in [-0.15, -0.1) is 0 Å². The maximum absolute atomic E-state index is 11.1. The molecule has 0 fully saturated rings. The fourth-order valence-corrected chi connectivity index (χ4v) is 2.01. The Kier molecular flexibility index (Phi) is 6.01. The van der Waals surface area contributed by atoms with Gasteiger partial charge in [0, 0.05) is 12.1 Å². The van der Waals surface area contributed by atoms with Crippen molar-refractivity contribution in [1.82, 2.24) is 0 Å². The molecule has 0 radical (unpaired) electrons. The number of nitro benzene ring substituents is 1. The Morgan fingerprint density at radius 1 is 1.00 bits per heavy atom. The number of nitro groups is 1. The topological polar surface area (TPSA) is 86.5 Å². The molecule has 0 aromatic heterocycles. The molecule has 7 heteroatoms. The molecule has 21 heavy (non-hydrogen) atoms. The molecule has 6 nitrogen and oxygen atoms in total. The lowest BCUT2D eigenvalue weighted by molar-refractivity contribution is -0.384. The second-order valence-corrected chi connectivity index (χ2v) is 5.74. The minimum absolute atomic E-state index is 0.137. The molecule has 0 spiro atoms. The van der Waals surface area contributed by atoms with Crippen molar-refractivity contribution in [2.24, 2.45) is 0 Å². The van der Waals surface area contributed by atoms with Crippen molar-refractivity contribution in [3.63, 3.8) is 0 Å². The van der Waals surface area contributed by atoms with Gasteiger partial charge in [0.25, 0.3) is 15.8 Å². The Morgan fingerprint density at radius 3 is 1.90 bits per heavy atom. The van der Waals surface area contributed by atoms with E-state index < -0.39 is 15.0 Å². The van der Waals surface area contributed by atoms with E-state index in [4.69, 9.17) is 0 Å². The summed E-state index contributed by atoms with van der Waals surface area (Å²) in [5.41, 5.74) is 1.16. The predicted molar refractivity (Wildman–Crippen MR) is 78.5 cm³/mol. The van der Waals surface area contributed by atoms with Gasteiger partial charge in [-0.25, -0.2) is 0 Å². The Bertz CT molecular complexity index is 681. The predicted octanol–water partition coefficient (Wildman–Crippen LogP) is 2.92. The number of aryl methyl sites for hydroxylation is 1.